The molecule has 9 nitrogen and oxygen atoms in total. The second kappa shape index (κ2) is 12.5. The van der Waals surface area contributed by atoms with Crippen molar-refractivity contribution in [3.63, 3.8) is 0 Å². The van der Waals surface area contributed by atoms with Gasteiger partial charge >= 0.3 is 0 Å². The molecule has 0 radical (unpaired) electrons. The molecule has 1 aromatic heterocycles. The first-order valence-corrected chi connectivity index (χ1v) is 14.4. The van der Waals surface area contributed by atoms with Gasteiger partial charge in [-0.3, -0.25) is 14.6 Å². The van der Waals surface area contributed by atoms with Gasteiger partial charge in [-0.2, -0.15) is 0 Å². The molecule has 4 heterocycles. The number of fused-ring (bicyclic) bond motifs is 1. The van der Waals surface area contributed by atoms with Gasteiger partial charge in [0, 0.05) is 44.3 Å². The van der Waals surface area contributed by atoms with Crippen LogP contribution in [0, 0.1) is 5.82 Å². The Balaban J connectivity index is 1.37. The van der Waals surface area contributed by atoms with E-state index in [0.717, 1.165) is 43.9 Å². The number of carbonyl (C=O) groups is 1. The molecule has 0 spiro atoms. The summed E-state index contributed by atoms with van der Waals surface area (Å²) in [5, 5.41) is 13.6. The van der Waals surface area contributed by atoms with Crippen molar-refractivity contribution in [1.29, 1.82) is 0 Å². The predicted molar refractivity (Wildman–Crippen MR) is 151 cm³/mol. The molecule has 2 N–H and O–H groups in total. The first-order chi connectivity index (χ1) is 19.2. The van der Waals surface area contributed by atoms with Crippen molar-refractivity contribution in [2.45, 2.75) is 71.0 Å². The van der Waals surface area contributed by atoms with Gasteiger partial charge in [0.1, 0.15) is 18.1 Å². The topological polar surface area (TPSA) is 90.4 Å². The Labute approximate surface area is 236 Å². The Morgan fingerprint density at radius 2 is 1.88 bits per heavy atom. The number of halogens is 1. The molecule has 3 aliphatic heterocycles. The number of amides is 1. The van der Waals surface area contributed by atoms with Crippen molar-refractivity contribution in [2.24, 2.45) is 0 Å². The zero-order valence-electron chi connectivity index (χ0n) is 24.0. The third kappa shape index (κ3) is 6.47. The molecule has 5 rings (SSSR count). The van der Waals surface area contributed by atoms with Crippen LogP contribution >= 0.6 is 0 Å². The number of aliphatic hydroxyl groups excluding tert-OH is 1. The zero-order valence-corrected chi connectivity index (χ0v) is 24.0. The molecule has 0 unspecified atom stereocenters. The largest absolute Gasteiger partial charge is 0.474 e. The van der Waals surface area contributed by atoms with E-state index in [4.69, 9.17) is 9.47 Å². The van der Waals surface area contributed by atoms with Gasteiger partial charge < -0.3 is 24.8 Å². The van der Waals surface area contributed by atoms with Gasteiger partial charge in [0.2, 0.25) is 11.8 Å². The fourth-order valence-electron chi connectivity index (χ4n) is 6.00. The van der Waals surface area contributed by atoms with Crippen molar-refractivity contribution < 1.29 is 23.8 Å². The third-order valence-electron chi connectivity index (χ3n) is 8.27. The number of nitrogens with zero attached hydrogens (tertiary/aromatic N) is 4. The van der Waals surface area contributed by atoms with Crippen molar-refractivity contribution in [1.82, 2.24) is 20.1 Å². The molecule has 1 aromatic carbocycles. The summed E-state index contributed by atoms with van der Waals surface area (Å²) < 4.78 is 25.2. The summed E-state index contributed by atoms with van der Waals surface area (Å²) in [4.78, 5) is 25.2. The number of anilines is 1. The maximum Gasteiger partial charge on any atom is 0.241 e. The number of piperazine rings is 1. The third-order valence-corrected chi connectivity index (χ3v) is 8.27. The molecule has 3 aliphatic rings. The number of nitrogens with one attached hydrogen (secondary N) is 1. The van der Waals surface area contributed by atoms with Crippen LogP contribution in [0.5, 0.6) is 5.88 Å². The number of pyridine rings is 1. The van der Waals surface area contributed by atoms with Gasteiger partial charge in [-0.05, 0) is 63.4 Å². The highest BCUT2D eigenvalue weighted by Crippen LogP contribution is 2.35. The molecule has 0 saturated carbocycles. The lowest BCUT2D eigenvalue weighted by molar-refractivity contribution is -0.122. The average Bonchev–Trinajstić information content (AvgIpc) is 2.93. The summed E-state index contributed by atoms with van der Waals surface area (Å²) in [7, 11) is 0. The van der Waals surface area contributed by atoms with E-state index in [0.29, 0.717) is 42.9 Å². The van der Waals surface area contributed by atoms with Crippen LogP contribution in [0.4, 0.5) is 10.1 Å². The van der Waals surface area contributed by atoms with Gasteiger partial charge in [-0.1, -0.05) is 12.1 Å². The Kier molecular flexibility index (Phi) is 9.01. The SMILES string of the molecule is C[C@@H]1CN(CC(=O)N2c3cc(Cc4ccc(F)cc4)c(CO)nc3OC[C@@H]2C)[C@@H](CN2C[C@H](C)OC[C@H]2C)CN1. The second-order valence-electron chi connectivity index (χ2n) is 11.6. The molecule has 1 amide bonds. The Morgan fingerprint density at radius 3 is 2.62 bits per heavy atom. The smallest absolute Gasteiger partial charge is 0.241 e. The minimum atomic E-state index is -0.299. The molecule has 218 valence electrons. The number of rotatable bonds is 7. The number of aromatic nitrogens is 1. The molecule has 2 aromatic rings. The van der Waals surface area contributed by atoms with Crippen molar-refractivity contribution in [3.05, 3.63) is 53.0 Å². The summed E-state index contributed by atoms with van der Waals surface area (Å²) >= 11 is 0. The first kappa shape index (κ1) is 28.9. The van der Waals surface area contributed by atoms with E-state index in [-0.39, 0.29) is 42.6 Å². The lowest BCUT2D eigenvalue weighted by Crippen LogP contribution is -2.63. The fourth-order valence-corrected chi connectivity index (χ4v) is 6.00. The standard InChI is InChI=1S/C30H42FN5O4/c1-19-12-35(26(11-32-19)14-34-13-22(4)39-17-20(34)2)15-29(38)36-21(3)18-40-30-28(36)10-24(27(16-37)33-30)9-23-5-7-25(31)8-6-23/h5-8,10,19-22,26,32,37H,9,11-18H2,1-4H3/t19-,20-,21+,22+,26-/m1/s1. The Hall–Kier alpha value is -2.63. The van der Waals surface area contributed by atoms with Gasteiger partial charge in [-0.15, -0.1) is 0 Å². The molecular weight excluding hydrogens is 513 g/mol. The fraction of sp³-hybridized carbons (Fsp3) is 0.600. The van der Waals surface area contributed by atoms with Gasteiger partial charge in [0.25, 0.3) is 0 Å². The Bertz CT molecular complexity index is 1180. The summed E-state index contributed by atoms with van der Waals surface area (Å²) in [5.41, 5.74) is 2.79. The molecule has 0 aliphatic carbocycles. The number of aliphatic hydroxyl groups is 1. The van der Waals surface area contributed by atoms with E-state index < -0.39 is 0 Å². The number of benzene rings is 1. The van der Waals surface area contributed by atoms with Gasteiger partial charge in [-0.25, -0.2) is 9.37 Å². The second-order valence-corrected chi connectivity index (χ2v) is 11.6. The van der Waals surface area contributed by atoms with E-state index in [1.807, 2.05) is 17.9 Å². The Morgan fingerprint density at radius 1 is 1.10 bits per heavy atom. The van der Waals surface area contributed by atoms with Crippen LogP contribution in [0.1, 0.15) is 44.5 Å². The zero-order chi connectivity index (χ0) is 28.4. The normalized spacial score (nSPS) is 27.8. The molecule has 10 heteroatoms. The lowest BCUT2D eigenvalue weighted by Gasteiger charge is -2.45. The van der Waals surface area contributed by atoms with Crippen LogP contribution in [0.15, 0.2) is 30.3 Å². The highest BCUT2D eigenvalue weighted by molar-refractivity contribution is 5.97. The summed E-state index contributed by atoms with van der Waals surface area (Å²) in [6.45, 7) is 12.9. The highest BCUT2D eigenvalue weighted by Gasteiger charge is 2.36. The number of hydrogen-bond acceptors (Lipinski definition) is 8. The van der Waals surface area contributed by atoms with E-state index in [9.17, 15) is 14.3 Å². The van der Waals surface area contributed by atoms with Crippen molar-refractivity contribution in [3.8, 4) is 5.88 Å². The van der Waals surface area contributed by atoms with E-state index in [2.05, 4.69) is 40.9 Å². The van der Waals surface area contributed by atoms with Gasteiger partial charge in [0.05, 0.1) is 37.6 Å². The first-order valence-electron chi connectivity index (χ1n) is 14.4. The van der Waals surface area contributed by atoms with Crippen molar-refractivity contribution >= 4 is 11.6 Å². The predicted octanol–water partition coefficient (Wildman–Crippen LogP) is 2.19. The molecular formula is C30H42FN5O4. The number of hydrogen-bond donors (Lipinski definition) is 2. The minimum absolute atomic E-state index is 0.00539. The highest BCUT2D eigenvalue weighted by atomic mass is 19.1. The molecule has 2 saturated heterocycles. The van der Waals surface area contributed by atoms with E-state index in [1.54, 1.807) is 12.1 Å². The van der Waals surface area contributed by atoms with Crippen LogP contribution in [0.25, 0.3) is 0 Å². The van der Waals surface area contributed by atoms with Crippen LogP contribution in [-0.4, -0.2) is 102 Å². The maximum atomic E-state index is 14.0. The summed E-state index contributed by atoms with van der Waals surface area (Å²) in [5.74, 6) is 0.0670. The maximum absolute atomic E-state index is 14.0. The number of carbonyl (C=O) groups excluding carboxylic acids is 1. The van der Waals surface area contributed by atoms with Gasteiger partial charge in [0.15, 0.2) is 0 Å². The van der Waals surface area contributed by atoms with Crippen molar-refractivity contribution in [2.75, 3.05) is 50.8 Å². The summed E-state index contributed by atoms with van der Waals surface area (Å²) in [6.07, 6.45) is 0.660. The average molecular weight is 556 g/mol. The van der Waals surface area contributed by atoms with Crippen LogP contribution in [-0.2, 0) is 22.6 Å². The lowest BCUT2D eigenvalue weighted by atomic mass is 10.0. The van der Waals surface area contributed by atoms with Crippen LogP contribution in [0.3, 0.4) is 0 Å². The van der Waals surface area contributed by atoms with E-state index in [1.165, 1.54) is 12.1 Å². The molecule has 40 heavy (non-hydrogen) atoms. The van der Waals surface area contributed by atoms with E-state index >= 15 is 0 Å². The molecule has 2 fully saturated rings. The monoisotopic (exact) mass is 555 g/mol. The van der Waals surface area contributed by atoms with Crippen LogP contribution in [0.2, 0.25) is 0 Å². The minimum Gasteiger partial charge on any atom is -0.474 e. The van der Waals surface area contributed by atoms with Crippen LogP contribution < -0.4 is 15.0 Å². The molecule has 5 atom stereocenters. The molecule has 0 bridgehead atoms. The summed E-state index contributed by atoms with van der Waals surface area (Å²) in [6, 6.07) is 8.85. The quantitative estimate of drug-likeness (QED) is 0.538. The number of morpholine rings is 1. The number of ether oxygens (including phenoxy) is 2.